The third-order valence-electron chi connectivity index (χ3n) is 5.00. The van der Waals surface area contributed by atoms with Gasteiger partial charge in [-0.15, -0.1) is 0 Å². The molecule has 4 rings (SSSR count). The van der Waals surface area contributed by atoms with Crippen LogP contribution in [-0.4, -0.2) is 22.0 Å². The molecule has 3 aromatic rings. The van der Waals surface area contributed by atoms with Gasteiger partial charge < -0.3 is 9.47 Å². The zero-order chi connectivity index (χ0) is 20.1. The first kappa shape index (κ1) is 18.3. The predicted octanol–water partition coefficient (Wildman–Crippen LogP) is 5.10. The molecule has 28 heavy (non-hydrogen) atoms. The lowest BCUT2D eigenvalue weighted by Crippen LogP contribution is -2.42. The molecular formula is C21H18F3N3O. The fraction of sp³-hybridized carbons (Fsp3) is 0.238. The van der Waals surface area contributed by atoms with Gasteiger partial charge in [-0.3, -0.25) is 9.78 Å². The van der Waals surface area contributed by atoms with E-state index in [-0.39, 0.29) is 11.9 Å². The van der Waals surface area contributed by atoms with Crippen LogP contribution in [0.4, 0.5) is 18.9 Å². The summed E-state index contributed by atoms with van der Waals surface area (Å²) in [6.07, 6.45) is -0.828. The van der Waals surface area contributed by atoms with E-state index in [1.165, 1.54) is 17.0 Å². The van der Waals surface area contributed by atoms with Gasteiger partial charge >= 0.3 is 6.18 Å². The summed E-state index contributed by atoms with van der Waals surface area (Å²) in [4.78, 5) is 19.0. The number of alkyl halides is 3. The summed E-state index contributed by atoms with van der Waals surface area (Å²) in [6.45, 7) is 4.25. The van der Waals surface area contributed by atoms with Crippen molar-refractivity contribution in [2.75, 3.05) is 11.4 Å². The smallest absolute Gasteiger partial charge is 0.338 e. The quantitative estimate of drug-likeness (QED) is 0.616. The van der Waals surface area contributed by atoms with Gasteiger partial charge in [-0.1, -0.05) is 0 Å². The minimum Gasteiger partial charge on any atom is -0.338 e. The highest BCUT2D eigenvalue weighted by Gasteiger charge is 2.34. The maximum Gasteiger partial charge on any atom is 0.416 e. The molecule has 0 unspecified atom stereocenters. The number of hydrogen-bond acceptors (Lipinski definition) is 2. The first-order chi connectivity index (χ1) is 13.3. The van der Waals surface area contributed by atoms with Gasteiger partial charge in [0.05, 0.1) is 5.56 Å². The van der Waals surface area contributed by atoms with Crippen LogP contribution in [-0.2, 0) is 6.18 Å². The van der Waals surface area contributed by atoms with Crippen molar-refractivity contribution in [3.8, 4) is 11.1 Å². The second kappa shape index (κ2) is 6.51. The second-order valence-electron chi connectivity index (χ2n) is 6.98. The van der Waals surface area contributed by atoms with E-state index in [2.05, 4.69) is 4.98 Å². The monoisotopic (exact) mass is 385 g/mol. The van der Waals surface area contributed by atoms with Crippen LogP contribution in [0.1, 0.15) is 34.7 Å². The molecule has 0 spiro atoms. The highest BCUT2D eigenvalue weighted by Crippen LogP contribution is 2.35. The molecule has 144 valence electrons. The first-order valence-electron chi connectivity index (χ1n) is 8.88. The maximum atomic E-state index is 13.3. The van der Waals surface area contributed by atoms with Crippen molar-refractivity contribution in [3.05, 3.63) is 71.8 Å². The molecule has 1 amide bonds. The van der Waals surface area contributed by atoms with E-state index in [4.69, 9.17) is 0 Å². The van der Waals surface area contributed by atoms with Gasteiger partial charge in [0, 0.05) is 41.9 Å². The molecule has 3 heterocycles. The van der Waals surface area contributed by atoms with Crippen LogP contribution >= 0.6 is 0 Å². The number of benzene rings is 1. The molecule has 0 N–H and O–H groups in total. The largest absolute Gasteiger partial charge is 0.416 e. The van der Waals surface area contributed by atoms with E-state index in [0.717, 1.165) is 29.0 Å². The van der Waals surface area contributed by atoms with E-state index in [9.17, 15) is 18.0 Å². The number of anilines is 1. The Morgan fingerprint density at radius 2 is 1.82 bits per heavy atom. The van der Waals surface area contributed by atoms with Crippen LogP contribution in [0.2, 0.25) is 0 Å². The Balaban J connectivity index is 1.75. The lowest BCUT2D eigenvalue weighted by atomic mass is 10.0. The zero-order valence-electron chi connectivity index (χ0n) is 15.4. The number of aryl methyl sites for hydroxylation is 1. The molecule has 1 aliphatic rings. The number of rotatable bonds is 2. The second-order valence-corrected chi connectivity index (χ2v) is 6.98. The predicted molar refractivity (Wildman–Crippen MR) is 100 cm³/mol. The molecule has 0 bridgehead atoms. The van der Waals surface area contributed by atoms with Gasteiger partial charge in [0.1, 0.15) is 5.69 Å². The van der Waals surface area contributed by atoms with Crippen molar-refractivity contribution in [1.82, 2.24) is 9.55 Å². The molecule has 0 saturated carbocycles. The third-order valence-corrected chi connectivity index (χ3v) is 5.00. The fourth-order valence-electron chi connectivity index (χ4n) is 3.60. The lowest BCUT2D eigenvalue weighted by molar-refractivity contribution is -0.137. The van der Waals surface area contributed by atoms with Gasteiger partial charge in [-0.2, -0.15) is 13.2 Å². The molecular weight excluding hydrogens is 367 g/mol. The van der Waals surface area contributed by atoms with Crippen LogP contribution in [0.3, 0.4) is 0 Å². The van der Waals surface area contributed by atoms with E-state index in [1.807, 2.05) is 42.8 Å². The van der Waals surface area contributed by atoms with Crippen molar-refractivity contribution in [2.24, 2.45) is 0 Å². The highest BCUT2D eigenvalue weighted by molar-refractivity contribution is 6.10. The summed E-state index contributed by atoms with van der Waals surface area (Å²) in [5, 5.41) is 0. The van der Waals surface area contributed by atoms with Gasteiger partial charge in [0.25, 0.3) is 5.91 Å². The minimum atomic E-state index is -4.40. The summed E-state index contributed by atoms with van der Waals surface area (Å²) in [5.74, 6) is -0.229. The van der Waals surface area contributed by atoms with Gasteiger partial charge in [0.15, 0.2) is 0 Å². The molecule has 1 atom stereocenters. The molecule has 0 radical (unpaired) electrons. The van der Waals surface area contributed by atoms with E-state index in [1.54, 1.807) is 6.20 Å². The van der Waals surface area contributed by atoms with Gasteiger partial charge in [-0.05, 0) is 61.9 Å². The zero-order valence-corrected chi connectivity index (χ0v) is 15.4. The van der Waals surface area contributed by atoms with E-state index < -0.39 is 11.7 Å². The number of amides is 1. The average molecular weight is 385 g/mol. The summed E-state index contributed by atoms with van der Waals surface area (Å²) < 4.78 is 40.4. The summed E-state index contributed by atoms with van der Waals surface area (Å²) in [7, 11) is 0. The summed E-state index contributed by atoms with van der Waals surface area (Å²) in [5.41, 5.74) is 2.77. The molecule has 0 saturated heterocycles. The molecule has 1 aromatic carbocycles. The number of pyridine rings is 1. The molecule has 2 aromatic heterocycles. The Labute approximate surface area is 160 Å². The average Bonchev–Trinajstić information content (AvgIpc) is 3.10. The van der Waals surface area contributed by atoms with Crippen LogP contribution in [0.25, 0.3) is 11.1 Å². The number of carbonyl (C=O) groups excluding carboxylic acids is 1. The molecule has 4 nitrogen and oxygen atoms in total. The molecule has 0 fully saturated rings. The number of hydrogen-bond donors (Lipinski definition) is 0. The Morgan fingerprint density at radius 1 is 1.11 bits per heavy atom. The van der Waals surface area contributed by atoms with Crippen molar-refractivity contribution in [3.63, 3.8) is 0 Å². The van der Waals surface area contributed by atoms with Crippen molar-refractivity contribution >= 4 is 11.6 Å². The van der Waals surface area contributed by atoms with Crippen LogP contribution in [0.15, 0.2) is 54.9 Å². The van der Waals surface area contributed by atoms with Crippen LogP contribution in [0, 0.1) is 6.92 Å². The highest BCUT2D eigenvalue weighted by atomic mass is 19.4. The Bertz CT molecular complexity index is 1040. The third kappa shape index (κ3) is 3.06. The van der Waals surface area contributed by atoms with Gasteiger partial charge in [0.2, 0.25) is 0 Å². The van der Waals surface area contributed by atoms with Gasteiger partial charge in [-0.25, -0.2) is 0 Å². The molecule has 1 aliphatic heterocycles. The number of fused-ring (bicyclic) bond motifs is 1. The number of carbonyl (C=O) groups is 1. The summed E-state index contributed by atoms with van der Waals surface area (Å²) in [6, 6.07) is 10.4. The maximum absolute atomic E-state index is 13.3. The topological polar surface area (TPSA) is 38.1 Å². The SMILES string of the molecule is Cc1cc(-c2ccn3c2C(=O)N(c2ccc(C(F)(F)F)cc2)C[C@@H]3C)ccn1. The fourth-order valence-corrected chi connectivity index (χ4v) is 3.60. The van der Waals surface area contributed by atoms with E-state index >= 15 is 0 Å². The standard InChI is InChI=1S/C21H18F3N3O/c1-13-11-15(7-9-25-13)18-8-10-26-14(2)12-27(20(28)19(18)26)17-5-3-16(4-6-17)21(22,23)24/h3-11,14H,12H2,1-2H3/t14-/m0/s1. The van der Waals surface area contributed by atoms with Crippen LogP contribution < -0.4 is 4.90 Å². The number of nitrogens with zero attached hydrogens (tertiary/aromatic N) is 3. The first-order valence-corrected chi connectivity index (χ1v) is 8.88. The lowest BCUT2D eigenvalue weighted by Gasteiger charge is -2.33. The number of halogens is 3. The molecule has 0 aliphatic carbocycles. The van der Waals surface area contributed by atoms with Crippen molar-refractivity contribution in [1.29, 1.82) is 0 Å². The number of aromatic nitrogens is 2. The van der Waals surface area contributed by atoms with Crippen LogP contribution in [0.5, 0.6) is 0 Å². The normalized spacial score (nSPS) is 17.0. The van der Waals surface area contributed by atoms with Crippen molar-refractivity contribution < 1.29 is 18.0 Å². The Hall–Kier alpha value is -3.09. The Kier molecular flexibility index (Phi) is 4.25. The van der Waals surface area contributed by atoms with Crippen molar-refractivity contribution in [2.45, 2.75) is 26.1 Å². The molecule has 7 heteroatoms. The summed E-state index contributed by atoms with van der Waals surface area (Å²) >= 11 is 0. The minimum absolute atomic E-state index is 0.00771. The van der Waals surface area contributed by atoms with E-state index in [0.29, 0.717) is 17.9 Å². The Morgan fingerprint density at radius 3 is 2.46 bits per heavy atom.